The third kappa shape index (κ3) is 3.68. The Morgan fingerprint density at radius 3 is 2.22 bits per heavy atom. The molecule has 9 heteroatoms. The molecule has 0 aliphatic carbocycles. The van der Waals surface area contributed by atoms with Crippen LogP contribution in [-0.2, 0) is 4.79 Å². The van der Waals surface area contributed by atoms with Gasteiger partial charge in [0.1, 0.15) is 11.6 Å². The monoisotopic (exact) mass is 268 g/mol. The Bertz CT molecular complexity index is 486. The van der Waals surface area contributed by atoms with Gasteiger partial charge in [-0.25, -0.2) is 13.6 Å². The van der Waals surface area contributed by atoms with E-state index < -0.39 is 35.4 Å². The summed E-state index contributed by atoms with van der Waals surface area (Å²) in [6.45, 7) is 0. The standard InChI is InChI=1S/C9H5F5N2O2/c10-4-1-2-6(5(11)3-4)15-8(18)16-7(17)9(12,13)14/h1-3H,(H2,15,16,17,18). The number of urea groups is 1. The molecule has 0 bridgehead atoms. The van der Waals surface area contributed by atoms with Crippen LogP contribution in [0.4, 0.5) is 32.4 Å². The number of anilines is 1. The molecule has 0 saturated heterocycles. The van der Waals surface area contributed by atoms with Crippen molar-refractivity contribution in [2.45, 2.75) is 6.18 Å². The molecule has 0 heterocycles. The lowest BCUT2D eigenvalue weighted by Gasteiger charge is -2.08. The number of carbonyl (C=O) groups excluding carboxylic acids is 2. The van der Waals surface area contributed by atoms with Crippen LogP contribution in [0.3, 0.4) is 0 Å². The Kier molecular flexibility index (Phi) is 3.84. The molecule has 0 aromatic heterocycles. The van der Waals surface area contributed by atoms with Gasteiger partial charge in [0.15, 0.2) is 0 Å². The van der Waals surface area contributed by atoms with Crippen LogP contribution in [0, 0.1) is 11.6 Å². The molecule has 3 amide bonds. The summed E-state index contributed by atoms with van der Waals surface area (Å²) in [5, 5.41) is 2.56. The molecule has 1 rings (SSSR count). The van der Waals surface area contributed by atoms with Gasteiger partial charge in [0.25, 0.3) is 0 Å². The fourth-order valence-corrected chi connectivity index (χ4v) is 0.918. The summed E-state index contributed by atoms with van der Waals surface area (Å²) in [6.07, 6.45) is -5.24. The van der Waals surface area contributed by atoms with E-state index in [0.29, 0.717) is 6.07 Å². The number of rotatable bonds is 1. The van der Waals surface area contributed by atoms with Crippen LogP contribution >= 0.6 is 0 Å². The number of carbonyl (C=O) groups is 2. The topological polar surface area (TPSA) is 58.2 Å². The zero-order valence-electron chi connectivity index (χ0n) is 8.44. The molecule has 0 aliphatic heterocycles. The van der Waals surface area contributed by atoms with Crippen LogP contribution in [0.2, 0.25) is 0 Å². The van der Waals surface area contributed by atoms with Gasteiger partial charge < -0.3 is 5.32 Å². The highest BCUT2D eigenvalue weighted by molar-refractivity contribution is 6.02. The highest BCUT2D eigenvalue weighted by Gasteiger charge is 2.39. The summed E-state index contributed by atoms with van der Waals surface area (Å²) in [7, 11) is 0. The van der Waals surface area contributed by atoms with E-state index in [2.05, 4.69) is 0 Å². The molecule has 0 saturated carbocycles. The Balaban J connectivity index is 2.68. The molecular weight excluding hydrogens is 263 g/mol. The van der Waals surface area contributed by atoms with Crippen LogP contribution < -0.4 is 10.6 Å². The molecule has 98 valence electrons. The number of imide groups is 1. The molecule has 2 N–H and O–H groups in total. The lowest BCUT2D eigenvalue weighted by Crippen LogP contribution is -2.42. The predicted molar refractivity (Wildman–Crippen MR) is 49.6 cm³/mol. The summed E-state index contributed by atoms with van der Waals surface area (Å²) in [5.41, 5.74) is -0.566. The van der Waals surface area contributed by atoms with E-state index in [1.54, 1.807) is 5.32 Å². The summed E-state index contributed by atoms with van der Waals surface area (Å²) in [4.78, 5) is 21.3. The maximum Gasteiger partial charge on any atom is 0.471 e. The number of alkyl halides is 3. The molecule has 1 aromatic rings. The van der Waals surface area contributed by atoms with Crippen molar-refractivity contribution in [1.29, 1.82) is 0 Å². The van der Waals surface area contributed by atoms with E-state index in [1.807, 2.05) is 0 Å². The first-order chi connectivity index (χ1) is 8.20. The first kappa shape index (κ1) is 13.9. The van der Waals surface area contributed by atoms with Gasteiger partial charge >= 0.3 is 18.1 Å². The quantitative estimate of drug-likeness (QED) is 0.767. The van der Waals surface area contributed by atoms with Gasteiger partial charge in [-0.05, 0) is 12.1 Å². The largest absolute Gasteiger partial charge is 0.471 e. The molecule has 4 nitrogen and oxygen atoms in total. The van der Waals surface area contributed by atoms with E-state index in [9.17, 15) is 31.5 Å². The number of halogens is 5. The zero-order chi connectivity index (χ0) is 13.9. The third-order valence-corrected chi connectivity index (χ3v) is 1.66. The maximum atomic E-state index is 13.0. The number of hydrogen-bond acceptors (Lipinski definition) is 2. The van der Waals surface area contributed by atoms with E-state index in [1.165, 1.54) is 0 Å². The fraction of sp³-hybridized carbons (Fsp3) is 0.111. The molecule has 0 spiro atoms. The Morgan fingerprint density at radius 2 is 1.72 bits per heavy atom. The zero-order valence-corrected chi connectivity index (χ0v) is 8.44. The van der Waals surface area contributed by atoms with Gasteiger partial charge in [0, 0.05) is 6.07 Å². The van der Waals surface area contributed by atoms with Crippen LogP contribution in [0.1, 0.15) is 0 Å². The highest BCUT2D eigenvalue weighted by atomic mass is 19.4. The van der Waals surface area contributed by atoms with E-state index in [0.717, 1.165) is 17.4 Å². The molecule has 0 atom stereocenters. The van der Waals surface area contributed by atoms with Gasteiger partial charge in [-0.15, -0.1) is 0 Å². The van der Waals surface area contributed by atoms with Gasteiger partial charge in [0.05, 0.1) is 5.69 Å². The van der Waals surface area contributed by atoms with Crippen LogP contribution in [0.25, 0.3) is 0 Å². The van der Waals surface area contributed by atoms with E-state index in [4.69, 9.17) is 0 Å². The van der Waals surface area contributed by atoms with Gasteiger partial charge in [0.2, 0.25) is 0 Å². The lowest BCUT2D eigenvalue weighted by molar-refractivity contribution is -0.172. The highest BCUT2D eigenvalue weighted by Crippen LogP contribution is 2.16. The smallest absolute Gasteiger partial charge is 0.305 e. The molecular formula is C9H5F5N2O2. The minimum Gasteiger partial charge on any atom is -0.305 e. The van der Waals surface area contributed by atoms with Crippen LogP contribution in [-0.4, -0.2) is 18.1 Å². The van der Waals surface area contributed by atoms with E-state index >= 15 is 0 Å². The molecule has 1 aromatic carbocycles. The van der Waals surface area contributed by atoms with Crippen molar-refractivity contribution >= 4 is 17.6 Å². The number of amides is 3. The lowest BCUT2D eigenvalue weighted by atomic mass is 10.3. The number of hydrogen-bond donors (Lipinski definition) is 2. The van der Waals surface area contributed by atoms with Gasteiger partial charge in [-0.1, -0.05) is 0 Å². The second-order valence-corrected chi connectivity index (χ2v) is 3.03. The third-order valence-electron chi connectivity index (χ3n) is 1.66. The first-order valence-corrected chi connectivity index (χ1v) is 4.34. The van der Waals surface area contributed by atoms with Crippen molar-refractivity contribution in [3.8, 4) is 0 Å². The molecule has 0 fully saturated rings. The van der Waals surface area contributed by atoms with Crippen molar-refractivity contribution in [1.82, 2.24) is 5.32 Å². The molecule has 0 radical (unpaired) electrons. The maximum absolute atomic E-state index is 13.0. The Labute approximate surface area is 96.8 Å². The fourth-order valence-electron chi connectivity index (χ4n) is 0.918. The average Bonchev–Trinajstić information content (AvgIpc) is 2.20. The average molecular weight is 268 g/mol. The number of nitrogens with one attached hydrogen (secondary N) is 2. The van der Waals surface area contributed by atoms with Crippen molar-refractivity contribution in [3.63, 3.8) is 0 Å². The van der Waals surface area contributed by atoms with Gasteiger partial charge in [-0.3, -0.25) is 10.1 Å². The SMILES string of the molecule is O=C(NC(=O)C(F)(F)F)Nc1ccc(F)cc1F. The molecule has 0 unspecified atom stereocenters. The van der Waals surface area contributed by atoms with Crippen molar-refractivity contribution in [2.75, 3.05) is 5.32 Å². The molecule has 0 aliphatic rings. The summed E-state index contributed by atoms with van der Waals surface area (Å²) in [6, 6.07) is 0.413. The number of benzene rings is 1. The van der Waals surface area contributed by atoms with E-state index in [-0.39, 0.29) is 0 Å². The van der Waals surface area contributed by atoms with Crippen molar-refractivity contribution in [3.05, 3.63) is 29.8 Å². The summed E-state index contributed by atoms with van der Waals surface area (Å²) in [5.74, 6) is -4.61. The second-order valence-electron chi connectivity index (χ2n) is 3.03. The Hall–Kier alpha value is -2.19. The first-order valence-electron chi connectivity index (χ1n) is 4.34. The predicted octanol–water partition coefficient (Wildman–Crippen LogP) is 2.18. The Morgan fingerprint density at radius 1 is 1.11 bits per heavy atom. The minimum atomic E-state index is -5.24. The summed E-state index contributed by atoms with van der Waals surface area (Å²) >= 11 is 0. The van der Waals surface area contributed by atoms with Gasteiger partial charge in [-0.2, -0.15) is 13.2 Å². The van der Waals surface area contributed by atoms with Crippen LogP contribution in [0.5, 0.6) is 0 Å². The molecule has 18 heavy (non-hydrogen) atoms. The second kappa shape index (κ2) is 4.98. The van der Waals surface area contributed by atoms with Crippen molar-refractivity contribution < 1.29 is 31.5 Å². The van der Waals surface area contributed by atoms with Crippen molar-refractivity contribution in [2.24, 2.45) is 0 Å². The van der Waals surface area contributed by atoms with Crippen LogP contribution in [0.15, 0.2) is 18.2 Å². The summed E-state index contributed by atoms with van der Waals surface area (Å²) < 4.78 is 60.8. The normalized spacial score (nSPS) is 10.9. The minimum absolute atomic E-state index is 0.418.